The summed E-state index contributed by atoms with van der Waals surface area (Å²) in [6, 6.07) is 96.2. The zero-order chi connectivity index (χ0) is 42.7. The predicted molar refractivity (Wildman–Crippen MR) is 273 cm³/mol. The summed E-state index contributed by atoms with van der Waals surface area (Å²) < 4.78 is 0. The minimum atomic E-state index is 1.10. The Labute approximate surface area is 375 Å². The molecule has 0 aromatic heterocycles. The molecule has 0 aliphatic heterocycles. The lowest BCUT2D eigenvalue weighted by Gasteiger charge is -2.28. The van der Waals surface area contributed by atoms with Crippen LogP contribution >= 0.6 is 0 Å². The normalized spacial score (nSPS) is 11.1. The molecular weight excluding hydrogens is 773 g/mol. The summed E-state index contributed by atoms with van der Waals surface area (Å²) in [5.74, 6) is 0. The number of benzene rings is 11. The smallest absolute Gasteiger partial charge is 0.0540 e. The van der Waals surface area contributed by atoms with Gasteiger partial charge in [0.1, 0.15) is 0 Å². The molecule has 0 N–H and O–H groups in total. The molecule has 0 atom stereocenters. The van der Waals surface area contributed by atoms with Gasteiger partial charge in [0, 0.05) is 33.9 Å². The van der Waals surface area contributed by atoms with Crippen molar-refractivity contribution in [2.75, 3.05) is 9.80 Å². The van der Waals surface area contributed by atoms with E-state index in [9.17, 15) is 0 Å². The van der Waals surface area contributed by atoms with Crippen molar-refractivity contribution in [3.63, 3.8) is 0 Å². The van der Waals surface area contributed by atoms with Gasteiger partial charge in [0.25, 0.3) is 0 Å². The molecule has 0 fully saturated rings. The van der Waals surface area contributed by atoms with E-state index in [1.54, 1.807) is 0 Å². The standard InChI is InChI=1S/C62H44N2/c1-3-19-55(20-4-1)63(57-39-35-47(36-40-57)53-33-27-45-15-7-9-17-51(45)43-53)61-25-13-11-23-59(61)49-29-31-50(32-30-49)60-24-12-14-26-62(60)64(56-21-5-2-6-22-56)58-41-37-48(38-42-58)54-34-28-46-16-8-10-18-52(46)44-54/h1-44H. The summed E-state index contributed by atoms with van der Waals surface area (Å²) in [5.41, 5.74) is 16.0. The fourth-order valence-electron chi connectivity index (χ4n) is 9.01. The third kappa shape index (κ3) is 7.59. The first-order valence-electron chi connectivity index (χ1n) is 21.9. The van der Waals surface area contributed by atoms with Gasteiger partial charge in [-0.05, 0) is 128 Å². The van der Waals surface area contributed by atoms with Crippen LogP contribution in [0.3, 0.4) is 0 Å². The SMILES string of the molecule is c1ccc(N(c2ccc(-c3ccc4ccccc4c3)cc2)c2ccccc2-c2ccc(-c3ccccc3N(c3ccccc3)c3ccc(-c4ccc5ccccc5c4)cc3)cc2)cc1. The average Bonchev–Trinajstić information content (AvgIpc) is 3.38. The summed E-state index contributed by atoms with van der Waals surface area (Å²) in [6.45, 7) is 0. The first-order valence-corrected chi connectivity index (χ1v) is 21.9. The largest absolute Gasteiger partial charge is 0.310 e. The Morgan fingerprint density at radius 2 is 0.484 bits per heavy atom. The minimum Gasteiger partial charge on any atom is -0.310 e. The summed E-state index contributed by atoms with van der Waals surface area (Å²) >= 11 is 0. The maximum atomic E-state index is 2.37. The lowest BCUT2D eigenvalue weighted by molar-refractivity contribution is 1.28. The Hall–Kier alpha value is -8.46. The van der Waals surface area contributed by atoms with Gasteiger partial charge in [-0.2, -0.15) is 0 Å². The molecule has 0 saturated carbocycles. The third-order valence-electron chi connectivity index (χ3n) is 12.2. The van der Waals surface area contributed by atoms with Crippen molar-refractivity contribution in [3.8, 4) is 44.5 Å². The molecule has 11 rings (SSSR count). The highest BCUT2D eigenvalue weighted by molar-refractivity contribution is 5.93. The van der Waals surface area contributed by atoms with Crippen LogP contribution in [0, 0.1) is 0 Å². The molecule has 0 aliphatic carbocycles. The van der Waals surface area contributed by atoms with Gasteiger partial charge in [0.15, 0.2) is 0 Å². The lowest BCUT2D eigenvalue weighted by Crippen LogP contribution is -2.11. The maximum absolute atomic E-state index is 2.37. The van der Waals surface area contributed by atoms with E-state index in [0.29, 0.717) is 0 Å². The third-order valence-corrected chi connectivity index (χ3v) is 12.2. The van der Waals surface area contributed by atoms with Crippen LogP contribution in [0.5, 0.6) is 0 Å². The lowest BCUT2D eigenvalue weighted by atomic mass is 9.96. The fraction of sp³-hybridized carbons (Fsp3) is 0. The highest BCUT2D eigenvalue weighted by Gasteiger charge is 2.20. The quantitative estimate of drug-likeness (QED) is 0.136. The van der Waals surface area contributed by atoms with Gasteiger partial charge in [-0.1, -0.05) is 194 Å². The average molecular weight is 817 g/mol. The fourth-order valence-corrected chi connectivity index (χ4v) is 9.01. The highest BCUT2D eigenvalue weighted by Crippen LogP contribution is 2.44. The molecule has 0 aliphatic rings. The van der Waals surface area contributed by atoms with Gasteiger partial charge < -0.3 is 9.80 Å². The number of hydrogen-bond acceptors (Lipinski definition) is 2. The van der Waals surface area contributed by atoms with Crippen LogP contribution in [-0.4, -0.2) is 0 Å². The second kappa shape index (κ2) is 17.1. The Morgan fingerprint density at radius 3 is 0.891 bits per heavy atom. The second-order valence-corrected chi connectivity index (χ2v) is 16.2. The van der Waals surface area contributed by atoms with Crippen LogP contribution in [0.25, 0.3) is 66.1 Å². The Balaban J connectivity index is 0.935. The molecule has 0 saturated heterocycles. The first kappa shape index (κ1) is 38.5. The summed E-state index contributed by atoms with van der Waals surface area (Å²) in [7, 11) is 0. The molecule has 11 aromatic carbocycles. The molecule has 2 heteroatoms. The van der Waals surface area contributed by atoms with E-state index < -0.39 is 0 Å². The van der Waals surface area contributed by atoms with Gasteiger partial charge in [0.05, 0.1) is 11.4 Å². The van der Waals surface area contributed by atoms with Crippen LogP contribution in [0.4, 0.5) is 34.1 Å². The van der Waals surface area contributed by atoms with Gasteiger partial charge >= 0.3 is 0 Å². The van der Waals surface area contributed by atoms with E-state index in [2.05, 4.69) is 277 Å². The predicted octanol–water partition coefficient (Wildman–Crippen LogP) is 17.6. The van der Waals surface area contributed by atoms with Gasteiger partial charge in [-0.3, -0.25) is 0 Å². The minimum absolute atomic E-state index is 1.10. The number of fused-ring (bicyclic) bond motifs is 2. The van der Waals surface area contributed by atoms with Crippen LogP contribution in [0.1, 0.15) is 0 Å². The first-order chi connectivity index (χ1) is 31.7. The zero-order valence-corrected chi connectivity index (χ0v) is 35.3. The molecule has 0 spiro atoms. The van der Waals surface area contributed by atoms with E-state index in [0.717, 1.165) is 56.4 Å². The zero-order valence-electron chi connectivity index (χ0n) is 35.3. The van der Waals surface area contributed by atoms with Crippen LogP contribution in [-0.2, 0) is 0 Å². The topological polar surface area (TPSA) is 6.48 Å². The second-order valence-electron chi connectivity index (χ2n) is 16.2. The Morgan fingerprint density at radius 1 is 0.188 bits per heavy atom. The molecule has 64 heavy (non-hydrogen) atoms. The van der Waals surface area contributed by atoms with Crippen molar-refractivity contribution in [1.29, 1.82) is 0 Å². The number of nitrogens with zero attached hydrogens (tertiary/aromatic N) is 2. The van der Waals surface area contributed by atoms with Gasteiger partial charge in [-0.25, -0.2) is 0 Å². The molecule has 0 amide bonds. The Bertz CT molecular complexity index is 3130. The molecule has 0 bridgehead atoms. The molecule has 2 nitrogen and oxygen atoms in total. The highest BCUT2D eigenvalue weighted by atomic mass is 15.1. The van der Waals surface area contributed by atoms with Gasteiger partial charge in [0.2, 0.25) is 0 Å². The van der Waals surface area contributed by atoms with E-state index in [-0.39, 0.29) is 0 Å². The maximum Gasteiger partial charge on any atom is 0.0540 e. The molecular formula is C62H44N2. The summed E-state index contributed by atoms with van der Waals surface area (Å²) in [5, 5.41) is 4.99. The molecule has 0 heterocycles. The van der Waals surface area contributed by atoms with E-state index >= 15 is 0 Å². The molecule has 0 radical (unpaired) electrons. The molecule has 11 aromatic rings. The van der Waals surface area contributed by atoms with Crippen molar-refractivity contribution in [3.05, 3.63) is 267 Å². The van der Waals surface area contributed by atoms with E-state index in [4.69, 9.17) is 0 Å². The van der Waals surface area contributed by atoms with Crippen molar-refractivity contribution in [1.82, 2.24) is 0 Å². The summed E-state index contributed by atoms with van der Waals surface area (Å²) in [6.07, 6.45) is 0. The van der Waals surface area contributed by atoms with E-state index in [1.165, 1.54) is 43.8 Å². The van der Waals surface area contributed by atoms with Gasteiger partial charge in [-0.15, -0.1) is 0 Å². The van der Waals surface area contributed by atoms with Crippen LogP contribution < -0.4 is 9.80 Å². The van der Waals surface area contributed by atoms with Crippen molar-refractivity contribution < 1.29 is 0 Å². The Kier molecular flexibility index (Phi) is 10.3. The number of anilines is 6. The van der Waals surface area contributed by atoms with Crippen LogP contribution in [0.2, 0.25) is 0 Å². The van der Waals surface area contributed by atoms with Crippen molar-refractivity contribution >= 4 is 55.7 Å². The molecule has 0 unspecified atom stereocenters. The monoisotopic (exact) mass is 816 g/mol. The van der Waals surface area contributed by atoms with Crippen molar-refractivity contribution in [2.45, 2.75) is 0 Å². The number of hydrogen-bond donors (Lipinski definition) is 0. The number of para-hydroxylation sites is 4. The number of rotatable bonds is 10. The van der Waals surface area contributed by atoms with E-state index in [1.807, 2.05) is 0 Å². The van der Waals surface area contributed by atoms with Crippen LogP contribution in [0.15, 0.2) is 267 Å². The summed E-state index contributed by atoms with van der Waals surface area (Å²) in [4.78, 5) is 4.73. The molecule has 302 valence electrons. The van der Waals surface area contributed by atoms with Crippen molar-refractivity contribution in [2.24, 2.45) is 0 Å².